The Morgan fingerprint density at radius 2 is 1.56 bits per heavy atom. The van der Waals surface area contributed by atoms with Gasteiger partial charge in [0.05, 0.1) is 4.90 Å². The molecule has 0 atom stereocenters. The molecule has 1 aromatic rings. The topological polar surface area (TPSA) is 51.2 Å². The fourth-order valence-corrected chi connectivity index (χ4v) is 1.79. The van der Waals surface area contributed by atoms with Gasteiger partial charge < -0.3 is 0 Å². The van der Waals surface area contributed by atoms with Gasteiger partial charge >= 0.3 is 5.51 Å². The van der Waals surface area contributed by atoms with E-state index in [1.54, 1.807) is 0 Å². The third kappa shape index (κ3) is 2.35. The predicted molar refractivity (Wildman–Crippen MR) is 49.9 cm³/mol. The van der Waals surface area contributed by atoms with Crippen molar-refractivity contribution in [3.8, 4) is 0 Å². The van der Waals surface area contributed by atoms with Crippen LogP contribution in [0.25, 0.3) is 0 Å². The first kappa shape index (κ1) is 13.0. The first-order chi connectivity index (χ1) is 7.16. The highest BCUT2D eigenvalue weighted by molar-refractivity contribution is 7.92. The Balaban J connectivity index is 3.23. The van der Waals surface area contributed by atoms with Crippen LogP contribution in [0.4, 0.5) is 13.2 Å². The van der Waals surface area contributed by atoms with Crippen molar-refractivity contribution in [2.45, 2.75) is 10.4 Å². The average Bonchev–Trinajstić information content (AvgIpc) is 2.16. The zero-order chi connectivity index (χ0) is 12.6. The number of hydrogen-bond donors (Lipinski definition) is 0. The monoisotopic (exact) mass is 272 g/mol. The Morgan fingerprint density at radius 1 is 1.12 bits per heavy atom. The van der Waals surface area contributed by atoms with Crippen molar-refractivity contribution in [1.29, 1.82) is 0 Å². The molecule has 1 rings (SSSR count). The summed E-state index contributed by atoms with van der Waals surface area (Å²) in [5.41, 5.74) is -5.44. The smallest absolute Gasteiger partial charge is 0.276 e. The summed E-state index contributed by atoms with van der Waals surface area (Å²) in [4.78, 5) is 9.67. The number of sulfone groups is 1. The van der Waals surface area contributed by atoms with E-state index in [-0.39, 0.29) is 5.56 Å². The van der Waals surface area contributed by atoms with E-state index in [4.69, 9.17) is 11.6 Å². The van der Waals surface area contributed by atoms with Crippen molar-refractivity contribution < 1.29 is 26.4 Å². The maximum atomic E-state index is 12.1. The zero-order valence-electron chi connectivity index (χ0n) is 7.45. The van der Waals surface area contributed by atoms with Crippen molar-refractivity contribution in [2.75, 3.05) is 0 Å². The molecule has 0 aliphatic carbocycles. The van der Waals surface area contributed by atoms with Gasteiger partial charge in [-0.3, -0.25) is 4.79 Å². The summed E-state index contributed by atoms with van der Waals surface area (Å²) >= 11 is 5.05. The maximum absolute atomic E-state index is 12.1. The van der Waals surface area contributed by atoms with Gasteiger partial charge in [-0.2, -0.15) is 13.2 Å². The van der Waals surface area contributed by atoms with Gasteiger partial charge in [0.2, 0.25) is 0 Å². The van der Waals surface area contributed by atoms with Crippen LogP contribution in [0.1, 0.15) is 10.4 Å². The second-order valence-electron chi connectivity index (χ2n) is 2.75. The molecule has 0 amide bonds. The van der Waals surface area contributed by atoms with Gasteiger partial charge in [-0.05, 0) is 35.9 Å². The Morgan fingerprint density at radius 3 is 1.88 bits per heavy atom. The van der Waals surface area contributed by atoms with Crippen LogP contribution in [0.3, 0.4) is 0 Å². The number of halogens is 4. The molecule has 0 bridgehead atoms. The number of benzene rings is 1. The van der Waals surface area contributed by atoms with Gasteiger partial charge in [0.25, 0.3) is 15.1 Å². The number of rotatable bonds is 2. The molecule has 0 N–H and O–H groups in total. The predicted octanol–water partition coefficient (Wildman–Crippen LogP) is 2.36. The van der Waals surface area contributed by atoms with Gasteiger partial charge in [0, 0.05) is 5.56 Å². The molecular weight excluding hydrogens is 269 g/mol. The summed E-state index contributed by atoms with van der Waals surface area (Å²) in [7, 11) is -5.37. The molecule has 0 aliphatic rings. The molecule has 88 valence electrons. The van der Waals surface area contributed by atoms with Crippen LogP contribution in [0, 0.1) is 0 Å². The van der Waals surface area contributed by atoms with E-state index in [9.17, 15) is 26.4 Å². The molecule has 0 saturated heterocycles. The van der Waals surface area contributed by atoms with E-state index in [0.29, 0.717) is 12.1 Å². The van der Waals surface area contributed by atoms with Crippen molar-refractivity contribution in [3.63, 3.8) is 0 Å². The fraction of sp³-hybridized carbons (Fsp3) is 0.125. The van der Waals surface area contributed by atoms with Crippen LogP contribution in [0.2, 0.25) is 0 Å². The molecule has 0 radical (unpaired) electrons. The third-order valence-corrected chi connectivity index (χ3v) is 3.42. The highest BCUT2D eigenvalue weighted by atomic mass is 35.5. The molecule has 0 saturated carbocycles. The molecule has 0 fully saturated rings. The average molecular weight is 273 g/mol. The minimum absolute atomic E-state index is 0.0807. The zero-order valence-corrected chi connectivity index (χ0v) is 9.03. The first-order valence-electron chi connectivity index (χ1n) is 3.77. The first-order valence-corrected chi connectivity index (χ1v) is 5.63. The molecule has 0 heterocycles. The van der Waals surface area contributed by atoms with Crippen molar-refractivity contribution >= 4 is 26.7 Å². The van der Waals surface area contributed by atoms with E-state index < -0.39 is 25.5 Å². The summed E-state index contributed by atoms with van der Waals surface area (Å²) in [6.07, 6.45) is 0. The fourth-order valence-electron chi connectivity index (χ4n) is 0.899. The lowest BCUT2D eigenvalue weighted by Crippen LogP contribution is -2.23. The van der Waals surface area contributed by atoms with Gasteiger partial charge in [-0.15, -0.1) is 0 Å². The highest BCUT2D eigenvalue weighted by Crippen LogP contribution is 2.30. The molecule has 0 aromatic heterocycles. The Labute approximate surface area is 93.7 Å². The number of hydrogen-bond acceptors (Lipinski definition) is 3. The van der Waals surface area contributed by atoms with Crippen LogP contribution in [-0.4, -0.2) is 19.2 Å². The summed E-state index contributed by atoms with van der Waals surface area (Å²) < 4.78 is 58.1. The quantitative estimate of drug-likeness (QED) is 0.777. The minimum atomic E-state index is -5.37. The molecule has 0 aliphatic heterocycles. The van der Waals surface area contributed by atoms with Gasteiger partial charge in [-0.1, -0.05) is 0 Å². The van der Waals surface area contributed by atoms with Gasteiger partial charge in [-0.25, -0.2) is 8.42 Å². The van der Waals surface area contributed by atoms with E-state index >= 15 is 0 Å². The summed E-state index contributed by atoms with van der Waals surface area (Å²) in [5.74, 6) is 0. The molecule has 16 heavy (non-hydrogen) atoms. The lowest BCUT2D eigenvalue weighted by atomic mass is 10.2. The van der Waals surface area contributed by atoms with Crippen LogP contribution < -0.4 is 0 Å². The maximum Gasteiger partial charge on any atom is 0.501 e. The van der Waals surface area contributed by atoms with Crippen LogP contribution in [-0.2, 0) is 9.84 Å². The Bertz CT molecular complexity index is 504. The van der Waals surface area contributed by atoms with Crippen LogP contribution in [0.5, 0.6) is 0 Å². The standard InChI is InChI=1S/C8H4ClF3O3S/c9-7(13)5-1-3-6(4-2-5)16(14,15)8(10,11)12/h1-4H. The molecular formula is C8H4ClF3O3S. The number of carbonyl (C=O) groups is 1. The molecule has 1 aromatic carbocycles. The molecule has 3 nitrogen and oxygen atoms in total. The van der Waals surface area contributed by atoms with Crippen LogP contribution >= 0.6 is 11.6 Å². The van der Waals surface area contributed by atoms with Crippen molar-refractivity contribution in [1.82, 2.24) is 0 Å². The lowest BCUT2D eigenvalue weighted by Gasteiger charge is -2.07. The second kappa shape index (κ2) is 4.06. The largest absolute Gasteiger partial charge is 0.501 e. The van der Waals surface area contributed by atoms with Crippen molar-refractivity contribution in [3.05, 3.63) is 29.8 Å². The SMILES string of the molecule is O=C(Cl)c1ccc(S(=O)(=O)C(F)(F)F)cc1. The minimum Gasteiger partial charge on any atom is -0.276 e. The third-order valence-electron chi connectivity index (χ3n) is 1.70. The number of carbonyl (C=O) groups excluding carboxylic acids is 1. The second-order valence-corrected chi connectivity index (χ2v) is 5.03. The Kier molecular flexibility index (Phi) is 3.30. The van der Waals surface area contributed by atoms with E-state index in [1.165, 1.54) is 0 Å². The number of alkyl halides is 3. The molecule has 0 unspecified atom stereocenters. The molecule has 0 spiro atoms. The summed E-state index contributed by atoms with van der Waals surface area (Å²) in [5, 5.41) is -0.879. The normalized spacial score (nSPS) is 12.5. The van der Waals surface area contributed by atoms with E-state index in [0.717, 1.165) is 12.1 Å². The highest BCUT2D eigenvalue weighted by Gasteiger charge is 2.46. The van der Waals surface area contributed by atoms with Gasteiger partial charge in [0.15, 0.2) is 0 Å². The summed E-state index contributed by atoms with van der Waals surface area (Å²) in [6, 6.07) is 3.18. The lowest BCUT2D eigenvalue weighted by molar-refractivity contribution is -0.0436. The summed E-state index contributed by atoms with van der Waals surface area (Å²) in [6.45, 7) is 0. The Hall–Kier alpha value is -1.08. The van der Waals surface area contributed by atoms with Crippen LogP contribution in [0.15, 0.2) is 29.2 Å². The van der Waals surface area contributed by atoms with Gasteiger partial charge in [0.1, 0.15) is 0 Å². The van der Waals surface area contributed by atoms with E-state index in [1.807, 2.05) is 0 Å². The van der Waals surface area contributed by atoms with Crippen molar-refractivity contribution in [2.24, 2.45) is 0 Å². The van der Waals surface area contributed by atoms with E-state index in [2.05, 4.69) is 0 Å². The molecule has 8 heteroatoms.